The first-order valence-electron chi connectivity index (χ1n) is 7.78. The Morgan fingerprint density at radius 1 is 1.04 bits per heavy atom. The molecule has 148 valence electrons. The summed E-state index contributed by atoms with van der Waals surface area (Å²) in [5.41, 5.74) is 0. The highest BCUT2D eigenvalue weighted by Crippen LogP contribution is 2.40. The standard InChI is InChI=1S/C14H24N2O7.2ClH/c1-5-4-6(17)14(20)13(21-5)22-12-10(19)7(15-2)9(18)8(16-3)11(12)23-14;;/h5,7-13,15-16,18-20H,4H2,1-3H3;2*1H/p-2/t5-,7-,8+,9+,10+,11-,12-,13+,14+;;/m1../s1. The number of carbonyl (C=O) groups is 1. The van der Waals surface area contributed by atoms with Gasteiger partial charge in [-0.2, -0.15) is 0 Å². The summed E-state index contributed by atoms with van der Waals surface area (Å²) >= 11 is 0. The first-order valence-corrected chi connectivity index (χ1v) is 7.78. The van der Waals surface area contributed by atoms with Gasteiger partial charge in [0.15, 0.2) is 5.78 Å². The van der Waals surface area contributed by atoms with Crippen molar-refractivity contribution in [2.24, 2.45) is 0 Å². The Morgan fingerprint density at radius 3 is 2.20 bits per heavy atom. The molecule has 0 aromatic heterocycles. The summed E-state index contributed by atoms with van der Waals surface area (Å²) in [7, 11) is 3.24. The van der Waals surface area contributed by atoms with Crippen LogP contribution in [0.15, 0.2) is 0 Å². The molecule has 0 bridgehead atoms. The van der Waals surface area contributed by atoms with Crippen LogP contribution in [0.5, 0.6) is 0 Å². The Balaban J connectivity index is 0.00000156. The first-order chi connectivity index (χ1) is 10.8. The van der Waals surface area contributed by atoms with Gasteiger partial charge in [-0.05, 0) is 21.0 Å². The van der Waals surface area contributed by atoms with Crippen molar-refractivity contribution in [3.05, 3.63) is 0 Å². The number of fused-ring (bicyclic) bond motifs is 2. The molecular formula is C14H24Cl2N2O7-2. The highest BCUT2D eigenvalue weighted by atomic mass is 35.5. The van der Waals surface area contributed by atoms with Gasteiger partial charge in [-0.1, -0.05) is 0 Å². The number of rotatable bonds is 2. The van der Waals surface area contributed by atoms with E-state index in [4.69, 9.17) is 14.2 Å². The van der Waals surface area contributed by atoms with Crippen LogP contribution in [0.2, 0.25) is 0 Å². The summed E-state index contributed by atoms with van der Waals surface area (Å²) in [6, 6.07) is -1.29. The fraction of sp³-hybridized carbons (Fsp3) is 0.929. The van der Waals surface area contributed by atoms with Crippen molar-refractivity contribution in [3.8, 4) is 0 Å². The van der Waals surface area contributed by atoms with Gasteiger partial charge in [0, 0.05) is 6.42 Å². The number of aliphatic hydroxyl groups is 3. The molecule has 11 heteroatoms. The molecule has 2 aliphatic heterocycles. The van der Waals surface area contributed by atoms with Crippen molar-refractivity contribution in [2.45, 2.75) is 68.0 Å². The van der Waals surface area contributed by atoms with Crippen LogP contribution in [0.25, 0.3) is 0 Å². The van der Waals surface area contributed by atoms with Crippen LogP contribution in [0.3, 0.4) is 0 Å². The molecule has 2 heterocycles. The number of carbonyl (C=O) groups excluding carboxylic acids is 1. The molecule has 1 saturated carbocycles. The fourth-order valence-electron chi connectivity index (χ4n) is 3.68. The Morgan fingerprint density at radius 2 is 1.64 bits per heavy atom. The lowest BCUT2D eigenvalue weighted by Crippen LogP contribution is -3.00. The number of ketones is 1. The van der Waals surface area contributed by atoms with E-state index in [1.807, 2.05) is 0 Å². The largest absolute Gasteiger partial charge is 1.00 e. The number of nitrogens with one attached hydrogen (secondary N) is 2. The molecule has 3 rings (SSSR count). The molecular weight excluding hydrogens is 379 g/mol. The highest BCUT2D eigenvalue weighted by molar-refractivity contribution is 5.87. The van der Waals surface area contributed by atoms with Crippen LogP contribution in [0, 0.1) is 0 Å². The van der Waals surface area contributed by atoms with Gasteiger partial charge in [0.05, 0.1) is 24.3 Å². The van der Waals surface area contributed by atoms with E-state index in [9.17, 15) is 20.1 Å². The summed E-state index contributed by atoms with van der Waals surface area (Å²) < 4.78 is 16.8. The van der Waals surface area contributed by atoms with E-state index in [0.29, 0.717) is 0 Å². The Labute approximate surface area is 158 Å². The number of aliphatic hydroxyl groups excluding tert-OH is 2. The maximum absolute atomic E-state index is 12.2. The second kappa shape index (κ2) is 8.30. The van der Waals surface area contributed by atoms with Crippen molar-refractivity contribution in [1.82, 2.24) is 10.6 Å². The molecule has 1 aliphatic carbocycles. The lowest BCUT2D eigenvalue weighted by molar-refractivity contribution is -0.420. The molecule has 9 atom stereocenters. The summed E-state index contributed by atoms with van der Waals surface area (Å²) in [5, 5.41) is 37.2. The summed E-state index contributed by atoms with van der Waals surface area (Å²) in [6.45, 7) is 1.70. The predicted octanol–water partition coefficient (Wildman–Crippen LogP) is -8.92. The number of Topliss-reactive ketones (excluding diaryl/α,β-unsaturated/α-hetero) is 1. The van der Waals surface area contributed by atoms with Gasteiger partial charge >= 0.3 is 0 Å². The van der Waals surface area contributed by atoms with E-state index in [0.717, 1.165) is 0 Å². The number of likely N-dealkylation sites (N-methyl/N-ethyl adjacent to an activating group) is 2. The summed E-state index contributed by atoms with van der Waals surface area (Å²) in [4.78, 5) is 12.2. The van der Waals surface area contributed by atoms with E-state index < -0.39 is 60.5 Å². The molecule has 3 fully saturated rings. The van der Waals surface area contributed by atoms with Crippen LogP contribution < -0.4 is 35.4 Å². The molecule has 5 N–H and O–H groups in total. The second-order valence-corrected chi connectivity index (χ2v) is 6.40. The van der Waals surface area contributed by atoms with E-state index in [1.54, 1.807) is 21.0 Å². The molecule has 0 spiro atoms. The topological polar surface area (TPSA) is 130 Å². The SMILES string of the molecule is CN[C@@H]1[C@H](O)[C@H](NC)[C@H]2O[C@@]3(O)C(=O)C[C@@H](C)O[C@H]3O[C@@H]2[C@H]1O.[Cl-].[Cl-]. The van der Waals surface area contributed by atoms with Crippen molar-refractivity contribution in [1.29, 1.82) is 0 Å². The molecule has 2 saturated heterocycles. The smallest absolute Gasteiger partial charge is 0.280 e. The minimum atomic E-state index is -2.23. The molecule has 0 amide bonds. The zero-order valence-corrected chi connectivity index (χ0v) is 15.6. The van der Waals surface area contributed by atoms with Gasteiger partial charge < -0.3 is 65.0 Å². The van der Waals surface area contributed by atoms with Crippen LogP contribution in [0.4, 0.5) is 0 Å². The second-order valence-electron chi connectivity index (χ2n) is 6.40. The molecule has 0 unspecified atom stereocenters. The van der Waals surface area contributed by atoms with Crippen molar-refractivity contribution < 1.29 is 59.1 Å². The quantitative estimate of drug-likeness (QED) is 0.305. The van der Waals surface area contributed by atoms with E-state index in [1.165, 1.54) is 0 Å². The number of halogens is 2. The molecule has 0 aromatic rings. The third-order valence-electron chi connectivity index (χ3n) is 4.93. The third kappa shape index (κ3) is 3.55. The van der Waals surface area contributed by atoms with Gasteiger partial charge in [0.1, 0.15) is 18.3 Å². The number of hydrogen-bond acceptors (Lipinski definition) is 9. The maximum atomic E-state index is 12.2. The van der Waals surface area contributed by atoms with Crippen molar-refractivity contribution in [3.63, 3.8) is 0 Å². The lowest BCUT2D eigenvalue weighted by Gasteiger charge is -2.55. The van der Waals surface area contributed by atoms with Gasteiger partial charge in [0.25, 0.3) is 5.79 Å². The fourth-order valence-corrected chi connectivity index (χ4v) is 3.68. The monoisotopic (exact) mass is 402 g/mol. The Hall–Kier alpha value is -0.0700. The van der Waals surface area contributed by atoms with Gasteiger partial charge in [-0.15, -0.1) is 0 Å². The molecule has 3 aliphatic rings. The van der Waals surface area contributed by atoms with Crippen LogP contribution in [-0.2, 0) is 19.0 Å². The van der Waals surface area contributed by atoms with Crippen LogP contribution in [0.1, 0.15) is 13.3 Å². The van der Waals surface area contributed by atoms with Gasteiger partial charge in [-0.25, -0.2) is 0 Å². The van der Waals surface area contributed by atoms with Crippen LogP contribution >= 0.6 is 0 Å². The predicted molar refractivity (Wildman–Crippen MR) is 76.4 cm³/mol. The van der Waals surface area contributed by atoms with Crippen molar-refractivity contribution in [2.75, 3.05) is 14.1 Å². The molecule has 0 radical (unpaired) electrons. The maximum Gasteiger partial charge on any atom is 0.280 e. The average molecular weight is 403 g/mol. The first kappa shape index (κ1) is 23.0. The number of ether oxygens (including phenoxy) is 3. The average Bonchev–Trinajstić information content (AvgIpc) is 2.49. The normalized spacial score (nSPS) is 49.3. The summed E-state index contributed by atoms with van der Waals surface area (Å²) in [6.07, 6.45) is -5.58. The van der Waals surface area contributed by atoms with E-state index >= 15 is 0 Å². The van der Waals surface area contributed by atoms with Gasteiger partial charge in [0.2, 0.25) is 6.29 Å². The Bertz CT molecular complexity index is 488. The zero-order valence-electron chi connectivity index (χ0n) is 14.1. The Kier molecular flexibility index (Phi) is 7.63. The minimum Gasteiger partial charge on any atom is -1.00 e. The van der Waals surface area contributed by atoms with E-state index in [-0.39, 0.29) is 31.2 Å². The number of hydrogen-bond donors (Lipinski definition) is 5. The molecule has 25 heavy (non-hydrogen) atoms. The van der Waals surface area contributed by atoms with E-state index in [2.05, 4.69) is 10.6 Å². The molecule has 0 aromatic carbocycles. The van der Waals surface area contributed by atoms with Crippen LogP contribution in [-0.4, -0.2) is 89.9 Å². The highest BCUT2D eigenvalue weighted by Gasteiger charge is 2.63. The lowest BCUT2D eigenvalue weighted by atomic mass is 9.80. The van der Waals surface area contributed by atoms with Gasteiger partial charge in [-0.3, -0.25) is 4.79 Å². The van der Waals surface area contributed by atoms with Crippen molar-refractivity contribution >= 4 is 5.78 Å². The minimum absolute atomic E-state index is 0. The molecule has 9 nitrogen and oxygen atoms in total. The summed E-state index contributed by atoms with van der Waals surface area (Å²) in [5.74, 6) is -2.76. The zero-order chi connectivity index (χ0) is 16.9. The third-order valence-corrected chi connectivity index (χ3v) is 4.93.